The summed E-state index contributed by atoms with van der Waals surface area (Å²) in [6.45, 7) is 0.201. The molecule has 0 atom stereocenters. The van der Waals surface area contributed by atoms with E-state index in [1.807, 2.05) is 0 Å². The summed E-state index contributed by atoms with van der Waals surface area (Å²) < 4.78 is 19.1. The van der Waals surface area contributed by atoms with Crippen LogP contribution in [-0.4, -0.2) is 23.9 Å². The first-order chi connectivity index (χ1) is 13.1. The van der Waals surface area contributed by atoms with Gasteiger partial charge in [-0.1, -0.05) is 11.6 Å². The van der Waals surface area contributed by atoms with E-state index in [2.05, 4.69) is 19.3 Å². The van der Waals surface area contributed by atoms with E-state index in [-0.39, 0.29) is 12.1 Å². The predicted octanol–water partition coefficient (Wildman–Crippen LogP) is 3.66. The fraction of sp³-hybridized carbons (Fsp3) is 0.0556. The van der Waals surface area contributed by atoms with E-state index in [0.29, 0.717) is 27.0 Å². The van der Waals surface area contributed by atoms with Crippen LogP contribution in [0.1, 0.15) is 5.56 Å². The fourth-order valence-corrected chi connectivity index (χ4v) is 3.35. The van der Waals surface area contributed by atoms with Crippen molar-refractivity contribution in [1.29, 1.82) is 0 Å². The molecule has 4 rings (SSSR count). The van der Waals surface area contributed by atoms with Gasteiger partial charge in [-0.3, -0.25) is 14.8 Å². The van der Waals surface area contributed by atoms with Crippen molar-refractivity contribution in [3.05, 3.63) is 82.0 Å². The lowest BCUT2D eigenvalue weighted by Crippen LogP contribution is -2.19. The highest BCUT2D eigenvalue weighted by atomic mass is 35.5. The molecule has 4 aromatic heterocycles. The molecule has 9 heteroatoms. The molecular weight excluding hydrogens is 389 g/mol. The van der Waals surface area contributed by atoms with E-state index in [0.717, 1.165) is 11.8 Å². The van der Waals surface area contributed by atoms with Gasteiger partial charge in [0.1, 0.15) is 10.8 Å². The number of pyridine rings is 3. The van der Waals surface area contributed by atoms with Crippen molar-refractivity contribution in [2.24, 2.45) is 0 Å². The van der Waals surface area contributed by atoms with Crippen LogP contribution in [0.4, 0.5) is 4.39 Å². The van der Waals surface area contributed by atoms with Crippen LogP contribution in [0, 0.1) is 5.82 Å². The maximum Gasteiger partial charge on any atom is 0.250 e. The average molecular weight is 400 g/mol. The van der Waals surface area contributed by atoms with Crippen LogP contribution < -0.4 is 5.56 Å². The first kappa shape index (κ1) is 17.4. The maximum atomic E-state index is 13.3. The van der Waals surface area contributed by atoms with Crippen LogP contribution in [0.15, 0.2) is 60.0 Å². The van der Waals surface area contributed by atoms with E-state index in [9.17, 15) is 9.18 Å². The number of halogens is 2. The normalized spacial score (nSPS) is 10.9. The fourth-order valence-electron chi connectivity index (χ4n) is 2.51. The van der Waals surface area contributed by atoms with Crippen LogP contribution in [0.3, 0.4) is 0 Å². The van der Waals surface area contributed by atoms with Gasteiger partial charge in [-0.2, -0.15) is 4.37 Å². The summed E-state index contributed by atoms with van der Waals surface area (Å²) in [6, 6.07) is 6.20. The van der Waals surface area contributed by atoms with Gasteiger partial charge in [-0.05, 0) is 35.3 Å². The van der Waals surface area contributed by atoms with Crippen molar-refractivity contribution in [2.45, 2.75) is 6.54 Å². The molecular formula is C18H11ClFN5OS. The summed E-state index contributed by atoms with van der Waals surface area (Å²) in [5.74, 6) is 0.0405. The molecule has 0 bridgehead atoms. The van der Waals surface area contributed by atoms with E-state index in [1.54, 1.807) is 30.7 Å². The van der Waals surface area contributed by atoms with Gasteiger partial charge < -0.3 is 4.57 Å². The van der Waals surface area contributed by atoms with Crippen LogP contribution >= 0.6 is 23.1 Å². The highest BCUT2D eigenvalue weighted by Gasteiger charge is 2.11. The summed E-state index contributed by atoms with van der Waals surface area (Å²) in [4.78, 5) is 24.5. The number of nitrogens with zero attached hydrogens (tertiary/aromatic N) is 5. The van der Waals surface area contributed by atoms with Crippen LogP contribution in [0.25, 0.3) is 22.0 Å². The first-order valence-corrected chi connectivity index (χ1v) is 8.98. The third-order valence-corrected chi connectivity index (χ3v) is 4.70. The van der Waals surface area contributed by atoms with Gasteiger partial charge in [0.25, 0.3) is 5.56 Å². The highest BCUT2D eigenvalue weighted by molar-refractivity contribution is 7.09. The Kier molecular flexibility index (Phi) is 4.74. The summed E-state index contributed by atoms with van der Waals surface area (Å²) >= 11 is 7.18. The lowest BCUT2D eigenvalue weighted by Gasteiger charge is -2.07. The minimum absolute atomic E-state index is 0.201. The standard InChI is InChI=1S/C18H11ClFN5OS/c19-14-4-13(6-22-7-14)18-23-17(24-27-18)12-1-2-16(26)25(10-12)9-11-3-15(20)8-21-5-11/h1-8,10H,9H2. The Balaban J connectivity index is 1.66. The SMILES string of the molecule is O=c1ccc(-c2nsc(-c3cncc(Cl)c3)n2)cn1Cc1cncc(F)c1. The maximum absolute atomic E-state index is 13.3. The number of rotatable bonds is 4. The number of hydrogen-bond acceptors (Lipinski definition) is 6. The zero-order chi connectivity index (χ0) is 18.8. The molecule has 134 valence electrons. The first-order valence-electron chi connectivity index (χ1n) is 7.83. The second kappa shape index (κ2) is 7.34. The Hall–Kier alpha value is -2.97. The molecule has 0 aliphatic heterocycles. The molecule has 0 spiro atoms. The van der Waals surface area contributed by atoms with Crippen LogP contribution in [-0.2, 0) is 6.54 Å². The molecule has 4 heterocycles. The predicted molar refractivity (Wildman–Crippen MR) is 101 cm³/mol. The zero-order valence-electron chi connectivity index (χ0n) is 13.7. The molecule has 27 heavy (non-hydrogen) atoms. The van der Waals surface area contributed by atoms with E-state index < -0.39 is 5.82 Å². The molecule has 0 aliphatic rings. The van der Waals surface area contributed by atoms with Gasteiger partial charge in [-0.25, -0.2) is 9.37 Å². The monoisotopic (exact) mass is 399 g/mol. The highest BCUT2D eigenvalue weighted by Crippen LogP contribution is 2.26. The molecule has 0 amide bonds. The Labute approximate surface area is 162 Å². The largest absolute Gasteiger partial charge is 0.310 e. The smallest absolute Gasteiger partial charge is 0.250 e. The summed E-state index contributed by atoms with van der Waals surface area (Å²) in [6.07, 6.45) is 7.50. The molecule has 0 saturated carbocycles. The van der Waals surface area contributed by atoms with Gasteiger partial charge in [0.15, 0.2) is 5.82 Å². The van der Waals surface area contributed by atoms with Crippen molar-refractivity contribution in [1.82, 2.24) is 23.9 Å². The summed E-state index contributed by atoms with van der Waals surface area (Å²) in [5, 5.41) is 1.19. The molecule has 0 radical (unpaired) electrons. The third-order valence-electron chi connectivity index (χ3n) is 3.73. The Bertz CT molecular complexity index is 1180. The molecule has 0 unspecified atom stereocenters. The number of hydrogen-bond donors (Lipinski definition) is 0. The molecule has 0 fully saturated rings. The lowest BCUT2D eigenvalue weighted by molar-refractivity contribution is 0.615. The third kappa shape index (κ3) is 3.91. The Morgan fingerprint density at radius 1 is 1.07 bits per heavy atom. The van der Waals surface area contributed by atoms with Gasteiger partial charge in [0.05, 0.1) is 17.8 Å². The molecule has 0 saturated heterocycles. The Morgan fingerprint density at radius 3 is 2.74 bits per heavy atom. The van der Waals surface area contributed by atoms with Crippen LogP contribution in [0.5, 0.6) is 0 Å². The second-order valence-corrected chi connectivity index (χ2v) is 6.90. The van der Waals surface area contributed by atoms with Crippen molar-refractivity contribution < 1.29 is 4.39 Å². The quantitative estimate of drug-likeness (QED) is 0.523. The van der Waals surface area contributed by atoms with Crippen LogP contribution in [0.2, 0.25) is 5.02 Å². The lowest BCUT2D eigenvalue weighted by atomic mass is 10.2. The average Bonchev–Trinajstić information content (AvgIpc) is 3.14. The molecule has 6 nitrogen and oxygen atoms in total. The van der Waals surface area contributed by atoms with Gasteiger partial charge in [0, 0.05) is 42.0 Å². The van der Waals surface area contributed by atoms with E-state index in [4.69, 9.17) is 11.6 Å². The van der Waals surface area contributed by atoms with Crippen molar-refractivity contribution in [3.8, 4) is 22.0 Å². The minimum Gasteiger partial charge on any atom is -0.310 e. The minimum atomic E-state index is -0.447. The van der Waals surface area contributed by atoms with Gasteiger partial charge in [-0.15, -0.1) is 0 Å². The zero-order valence-corrected chi connectivity index (χ0v) is 15.3. The summed E-state index contributed by atoms with van der Waals surface area (Å²) in [5.41, 5.74) is 1.82. The van der Waals surface area contributed by atoms with Gasteiger partial charge >= 0.3 is 0 Å². The van der Waals surface area contributed by atoms with E-state index in [1.165, 1.54) is 34.4 Å². The van der Waals surface area contributed by atoms with Crippen molar-refractivity contribution >= 4 is 23.1 Å². The Morgan fingerprint density at radius 2 is 1.93 bits per heavy atom. The molecule has 0 N–H and O–H groups in total. The second-order valence-electron chi connectivity index (χ2n) is 5.71. The number of aromatic nitrogens is 5. The summed E-state index contributed by atoms with van der Waals surface area (Å²) in [7, 11) is 0. The molecule has 4 aromatic rings. The topological polar surface area (TPSA) is 73.6 Å². The molecule has 0 aliphatic carbocycles. The molecule has 0 aromatic carbocycles. The van der Waals surface area contributed by atoms with E-state index >= 15 is 0 Å². The van der Waals surface area contributed by atoms with Crippen molar-refractivity contribution in [2.75, 3.05) is 0 Å². The van der Waals surface area contributed by atoms with Crippen molar-refractivity contribution in [3.63, 3.8) is 0 Å². The van der Waals surface area contributed by atoms with Gasteiger partial charge in [0.2, 0.25) is 0 Å².